The molecule has 0 radical (unpaired) electrons. The molecule has 5 heteroatoms. The molecular formula is C12H15NO4. The summed E-state index contributed by atoms with van der Waals surface area (Å²) in [5.41, 5.74) is 0.145. The minimum atomic E-state index is -0.529. The molecule has 0 N–H and O–H groups in total. The van der Waals surface area contributed by atoms with Gasteiger partial charge in [0.15, 0.2) is 5.78 Å². The van der Waals surface area contributed by atoms with Crippen molar-refractivity contribution in [1.29, 1.82) is 0 Å². The molecule has 0 fully saturated rings. The van der Waals surface area contributed by atoms with Crippen LogP contribution in [0.3, 0.4) is 0 Å². The zero-order valence-electron chi connectivity index (χ0n) is 10.1. The van der Waals surface area contributed by atoms with Crippen LogP contribution < -0.4 is 4.74 Å². The van der Waals surface area contributed by atoms with Gasteiger partial charge in [0.1, 0.15) is 5.75 Å². The highest BCUT2D eigenvalue weighted by atomic mass is 16.6. The lowest BCUT2D eigenvalue weighted by Gasteiger charge is -2.11. The van der Waals surface area contributed by atoms with E-state index in [1.165, 1.54) is 25.1 Å². The largest absolute Gasteiger partial charge is 0.493 e. The highest BCUT2D eigenvalue weighted by Gasteiger charge is 2.15. The minimum absolute atomic E-state index is 0.105. The molecule has 17 heavy (non-hydrogen) atoms. The second kappa shape index (κ2) is 5.43. The van der Waals surface area contributed by atoms with Crippen molar-refractivity contribution < 1.29 is 14.5 Å². The Hall–Kier alpha value is -1.91. The number of nitrogens with zero attached hydrogens (tertiary/aromatic N) is 1. The molecule has 0 atom stereocenters. The van der Waals surface area contributed by atoms with Gasteiger partial charge >= 0.3 is 0 Å². The zero-order valence-corrected chi connectivity index (χ0v) is 10.1. The molecule has 0 aliphatic carbocycles. The third-order valence-corrected chi connectivity index (χ3v) is 2.13. The lowest BCUT2D eigenvalue weighted by atomic mass is 10.1. The van der Waals surface area contributed by atoms with Crippen LogP contribution in [0.1, 0.15) is 31.1 Å². The van der Waals surface area contributed by atoms with Crippen LogP contribution in [0.4, 0.5) is 5.69 Å². The number of carbonyl (C=O) groups excluding carboxylic acids is 1. The summed E-state index contributed by atoms with van der Waals surface area (Å²) in [6.45, 7) is 5.80. The van der Waals surface area contributed by atoms with Crippen molar-refractivity contribution in [2.24, 2.45) is 5.92 Å². The first-order valence-electron chi connectivity index (χ1n) is 5.34. The highest BCUT2D eigenvalue weighted by Crippen LogP contribution is 2.25. The lowest BCUT2D eigenvalue weighted by Crippen LogP contribution is -2.08. The third-order valence-electron chi connectivity index (χ3n) is 2.13. The van der Waals surface area contributed by atoms with E-state index in [4.69, 9.17) is 4.74 Å². The number of nitro groups is 1. The molecule has 0 saturated heterocycles. The Kier molecular flexibility index (Phi) is 4.20. The van der Waals surface area contributed by atoms with Crippen LogP contribution in [0.2, 0.25) is 0 Å². The zero-order chi connectivity index (χ0) is 13.0. The summed E-state index contributed by atoms with van der Waals surface area (Å²) in [5.74, 6) is 0.481. The van der Waals surface area contributed by atoms with Gasteiger partial charge in [-0.15, -0.1) is 0 Å². The van der Waals surface area contributed by atoms with Crippen molar-refractivity contribution in [1.82, 2.24) is 0 Å². The van der Waals surface area contributed by atoms with Crippen LogP contribution in [-0.2, 0) is 0 Å². The molecule has 0 spiro atoms. The van der Waals surface area contributed by atoms with Crippen LogP contribution in [0.25, 0.3) is 0 Å². The van der Waals surface area contributed by atoms with E-state index in [1.807, 2.05) is 13.8 Å². The van der Waals surface area contributed by atoms with Crippen molar-refractivity contribution in [3.05, 3.63) is 33.9 Å². The first kappa shape index (κ1) is 13.2. The fourth-order valence-corrected chi connectivity index (χ4v) is 1.29. The molecule has 0 bridgehead atoms. The molecule has 0 aliphatic heterocycles. The first-order chi connectivity index (χ1) is 7.91. The lowest BCUT2D eigenvalue weighted by molar-refractivity contribution is -0.384. The number of benzene rings is 1. The smallest absolute Gasteiger partial charge is 0.270 e. The van der Waals surface area contributed by atoms with Crippen molar-refractivity contribution in [2.75, 3.05) is 6.61 Å². The van der Waals surface area contributed by atoms with E-state index >= 15 is 0 Å². The summed E-state index contributed by atoms with van der Waals surface area (Å²) in [6, 6.07) is 4.05. The number of ketones is 1. The Morgan fingerprint density at radius 2 is 2.12 bits per heavy atom. The average molecular weight is 237 g/mol. The maximum absolute atomic E-state index is 11.4. The maximum atomic E-state index is 11.4. The van der Waals surface area contributed by atoms with Gasteiger partial charge in [-0.3, -0.25) is 14.9 Å². The average Bonchev–Trinajstić information content (AvgIpc) is 2.25. The van der Waals surface area contributed by atoms with Crippen LogP contribution in [0.5, 0.6) is 5.75 Å². The number of rotatable bonds is 5. The molecule has 0 unspecified atom stereocenters. The van der Waals surface area contributed by atoms with E-state index in [1.54, 1.807) is 0 Å². The predicted molar refractivity (Wildman–Crippen MR) is 63.4 cm³/mol. The van der Waals surface area contributed by atoms with E-state index < -0.39 is 4.92 Å². The second-order valence-corrected chi connectivity index (χ2v) is 4.20. The maximum Gasteiger partial charge on any atom is 0.270 e. The molecule has 0 saturated carbocycles. The van der Waals surface area contributed by atoms with Crippen molar-refractivity contribution >= 4 is 11.5 Å². The Bertz CT molecular complexity index is 440. The molecule has 1 aromatic rings. The number of non-ortho nitro benzene ring substituents is 1. The first-order valence-corrected chi connectivity index (χ1v) is 5.34. The van der Waals surface area contributed by atoms with E-state index in [2.05, 4.69) is 0 Å². The molecule has 5 nitrogen and oxygen atoms in total. The molecule has 1 aromatic carbocycles. The van der Waals surface area contributed by atoms with Crippen LogP contribution in [0.15, 0.2) is 18.2 Å². The van der Waals surface area contributed by atoms with Gasteiger partial charge in [0.2, 0.25) is 0 Å². The fourth-order valence-electron chi connectivity index (χ4n) is 1.29. The van der Waals surface area contributed by atoms with Gasteiger partial charge in [-0.05, 0) is 18.9 Å². The predicted octanol–water partition coefficient (Wildman–Crippen LogP) is 2.83. The number of nitro benzene ring substituents is 1. The summed E-state index contributed by atoms with van der Waals surface area (Å²) in [6.07, 6.45) is 0. The van der Waals surface area contributed by atoms with Gasteiger partial charge in [0.25, 0.3) is 5.69 Å². The Morgan fingerprint density at radius 3 is 2.59 bits per heavy atom. The summed E-state index contributed by atoms with van der Waals surface area (Å²) >= 11 is 0. The van der Waals surface area contributed by atoms with Gasteiger partial charge in [0.05, 0.1) is 17.1 Å². The number of Topliss-reactive ketones (excluding diaryl/α,β-unsaturated/α-hetero) is 1. The fraction of sp³-hybridized carbons (Fsp3) is 0.417. The molecule has 0 amide bonds. The van der Waals surface area contributed by atoms with Gasteiger partial charge in [-0.2, -0.15) is 0 Å². The van der Waals surface area contributed by atoms with E-state index in [9.17, 15) is 14.9 Å². The molecule has 0 aromatic heterocycles. The topological polar surface area (TPSA) is 69.4 Å². The summed E-state index contributed by atoms with van der Waals surface area (Å²) in [5, 5.41) is 10.6. The van der Waals surface area contributed by atoms with Gasteiger partial charge in [-0.1, -0.05) is 13.8 Å². The number of hydrogen-bond acceptors (Lipinski definition) is 4. The number of ether oxygens (including phenoxy) is 1. The molecule has 1 rings (SSSR count). The molecular weight excluding hydrogens is 222 g/mol. The second-order valence-electron chi connectivity index (χ2n) is 4.20. The number of carbonyl (C=O) groups is 1. The van der Waals surface area contributed by atoms with E-state index in [-0.39, 0.29) is 17.0 Å². The molecule has 0 aliphatic rings. The molecule has 92 valence electrons. The highest BCUT2D eigenvalue weighted by molar-refractivity contribution is 5.97. The van der Waals surface area contributed by atoms with Crippen LogP contribution in [-0.4, -0.2) is 17.3 Å². The standard InChI is InChI=1S/C12H15NO4/c1-8(2)7-17-12-5-4-10(13(15)16)6-11(12)9(3)14/h4-6,8H,7H2,1-3H3. The van der Waals surface area contributed by atoms with Gasteiger partial charge in [-0.25, -0.2) is 0 Å². The van der Waals surface area contributed by atoms with E-state index in [0.29, 0.717) is 18.3 Å². The van der Waals surface area contributed by atoms with Crippen molar-refractivity contribution in [3.63, 3.8) is 0 Å². The normalized spacial score (nSPS) is 10.4. The summed E-state index contributed by atoms with van der Waals surface area (Å²) in [4.78, 5) is 21.5. The number of hydrogen-bond donors (Lipinski definition) is 0. The monoisotopic (exact) mass is 237 g/mol. The van der Waals surface area contributed by atoms with Crippen molar-refractivity contribution in [2.45, 2.75) is 20.8 Å². The van der Waals surface area contributed by atoms with Crippen molar-refractivity contribution in [3.8, 4) is 5.75 Å². The molecule has 0 heterocycles. The Balaban J connectivity index is 3.04. The Morgan fingerprint density at radius 1 is 1.47 bits per heavy atom. The van der Waals surface area contributed by atoms with Crippen LogP contribution in [0, 0.1) is 16.0 Å². The Labute approximate surface area is 99.5 Å². The third kappa shape index (κ3) is 3.55. The van der Waals surface area contributed by atoms with Crippen LogP contribution >= 0.6 is 0 Å². The quantitative estimate of drug-likeness (QED) is 0.448. The summed E-state index contributed by atoms with van der Waals surface area (Å²) < 4.78 is 5.45. The summed E-state index contributed by atoms with van der Waals surface area (Å²) in [7, 11) is 0. The van der Waals surface area contributed by atoms with Gasteiger partial charge in [0, 0.05) is 12.1 Å². The van der Waals surface area contributed by atoms with E-state index in [0.717, 1.165) is 0 Å². The minimum Gasteiger partial charge on any atom is -0.493 e. The SMILES string of the molecule is CC(=O)c1cc([N+](=O)[O-])ccc1OCC(C)C. The van der Waals surface area contributed by atoms with Gasteiger partial charge < -0.3 is 4.74 Å².